The van der Waals surface area contributed by atoms with Crippen LogP contribution >= 0.6 is 12.2 Å². The minimum Gasteiger partial charge on any atom is -0.384 e. The van der Waals surface area contributed by atoms with Crippen molar-refractivity contribution in [3.63, 3.8) is 0 Å². The van der Waals surface area contributed by atoms with Crippen molar-refractivity contribution >= 4 is 28.7 Å². The number of anilines is 1. The van der Waals surface area contributed by atoms with Crippen LogP contribution in [0.25, 0.3) is 0 Å². The van der Waals surface area contributed by atoms with E-state index in [4.69, 9.17) is 5.73 Å². The highest BCUT2D eigenvalue weighted by atomic mass is 32.1. The van der Waals surface area contributed by atoms with Gasteiger partial charge in [0.05, 0.1) is 5.71 Å². The van der Waals surface area contributed by atoms with Crippen LogP contribution in [0, 0.1) is 5.82 Å². The van der Waals surface area contributed by atoms with Gasteiger partial charge >= 0.3 is 0 Å². The topological polar surface area (TPSA) is 62.4 Å². The summed E-state index contributed by atoms with van der Waals surface area (Å²) in [6, 6.07) is 4.55. The fourth-order valence-electron chi connectivity index (χ4n) is 1.60. The average Bonchev–Trinajstić information content (AvgIpc) is 2.26. The Bertz CT molecular complexity index is 458. The number of benzene rings is 1. The van der Waals surface area contributed by atoms with Crippen molar-refractivity contribution in [1.29, 1.82) is 0 Å². The van der Waals surface area contributed by atoms with Crippen LogP contribution in [0.2, 0.25) is 0 Å². The molecule has 0 unspecified atom stereocenters. The molecule has 6 heteroatoms. The van der Waals surface area contributed by atoms with Gasteiger partial charge < -0.3 is 11.1 Å². The maximum atomic E-state index is 13.1. The second-order valence-corrected chi connectivity index (χ2v) is 3.84. The van der Waals surface area contributed by atoms with Gasteiger partial charge in [0.1, 0.15) is 5.82 Å². The first-order chi connectivity index (χ1) is 7.66. The summed E-state index contributed by atoms with van der Waals surface area (Å²) in [6.45, 7) is 0.760. The van der Waals surface area contributed by atoms with E-state index in [2.05, 4.69) is 28.1 Å². The number of nitrogens with zero attached hydrogens (tertiary/aromatic N) is 1. The maximum absolute atomic E-state index is 13.1. The van der Waals surface area contributed by atoms with Crippen LogP contribution in [0.4, 0.5) is 10.1 Å². The molecule has 0 bridgehead atoms. The van der Waals surface area contributed by atoms with Gasteiger partial charge in [-0.1, -0.05) is 0 Å². The summed E-state index contributed by atoms with van der Waals surface area (Å²) in [6.07, 6.45) is 0.700. The van der Waals surface area contributed by atoms with Gasteiger partial charge in [-0.05, 0) is 30.4 Å². The molecule has 0 saturated carbocycles. The minimum atomic E-state index is -0.287. The van der Waals surface area contributed by atoms with Gasteiger partial charge in [-0.15, -0.1) is 0 Å². The molecule has 1 aliphatic rings. The number of nitrogens with one attached hydrogen (secondary N) is 2. The summed E-state index contributed by atoms with van der Waals surface area (Å²) in [5.74, 6) is -0.287. The zero-order valence-corrected chi connectivity index (χ0v) is 9.27. The molecule has 16 heavy (non-hydrogen) atoms. The molecule has 0 aromatic heterocycles. The summed E-state index contributed by atoms with van der Waals surface area (Å²) in [4.78, 5) is 0. The van der Waals surface area contributed by atoms with E-state index in [0.717, 1.165) is 23.5 Å². The average molecular weight is 238 g/mol. The van der Waals surface area contributed by atoms with Crippen molar-refractivity contribution in [1.82, 2.24) is 5.43 Å². The number of fused-ring (bicyclic) bond motifs is 1. The highest BCUT2D eigenvalue weighted by molar-refractivity contribution is 7.80. The Kier molecular flexibility index (Phi) is 3.00. The van der Waals surface area contributed by atoms with E-state index in [0.29, 0.717) is 6.42 Å². The third-order valence-electron chi connectivity index (χ3n) is 2.27. The lowest BCUT2D eigenvalue weighted by Gasteiger charge is -2.19. The van der Waals surface area contributed by atoms with Gasteiger partial charge in [-0.2, -0.15) is 5.10 Å². The summed E-state index contributed by atoms with van der Waals surface area (Å²) in [5, 5.41) is 7.33. The Morgan fingerprint density at radius 1 is 1.56 bits per heavy atom. The molecule has 0 atom stereocenters. The number of hydrogen-bond acceptors (Lipinski definition) is 3. The van der Waals surface area contributed by atoms with E-state index in [1.807, 2.05) is 0 Å². The van der Waals surface area contributed by atoms with Crippen LogP contribution < -0.4 is 16.5 Å². The second kappa shape index (κ2) is 4.44. The maximum Gasteiger partial charge on any atom is 0.184 e. The highest BCUT2D eigenvalue weighted by Crippen LogP contribution is 2.22. The van der Waals surface area contributed by atoms with Crippen molar-refractivity contribution in [3.8, 4) is 0 Å². The van der Waals surface area contributed by atoms with Gasteiger partial charge in [0.2, 0.25) is 0 Å². The van der Waals surface area contributed by atoms with Crippen molar-refractivity contribution in [3.05, 3.63) is 29.6 Å². The van der Waals surface area contributed by atoms with Crippen molar-refractivity contribution in [2.45, 2.75) is 6.42 Å². The van der Waals surface area contributed by atoms with Crippen LogP contribution in [-0.2, 0) is 0 Å². The number of nitrogens with two attached hydrogens (primary N) is 1. The summed E-state index contributed by atoms with van der Waals surface area (Å²) < 4.78 is 13.1. The van der Waals surface area contributed by atoms with Gasteiger partial charge in [-0.25, -0.2) is 4.39 Å². The zero-order chi connectivity index (χ0) is 11.5. The van der Waals surface area contributed by atoms with Crippen LogP contribution in [0.1, 0.15) is 12.0 Å². The Labute approximate surface area is 97.7 Å². The number of rotatable bonds is 1. The quantitative estimate of drug-likeness (QED) is 0.508. The monoisotopic (exact) mass is 238 g/mol. The number of hydrazone groups is 1. The largest absolute Gasteiger partial charge is 0.384 e. The Morgan fingerprint density at radius 2 is 2.38 bits per heavy atom. The normalized spacial score (nSPS) is 16.4. The lowest BCUT2D eigenvalue weighted by atomic mass is 10.0. The van der Waals surface area contributed by atoms with E-state index >= 15 is 0 Å². The third-order valence-corrected chi connectivity index (χ3v) is 2.36. The van der Waals surface area contributed by atoms with E-state index in [-0.39, 0.29) is 10.9 Å². The number of halogens is 1. The number of thiocarbonyl (C=S) groups is 1. The molecule has 0 spiro atoms. The first-order valence-electron chi connectivity index (χ1n) is 4.82. The molecule has 0 fully saturated rings. The van der Waals surface area contributed by atoms with Gasteiger partial charge in [-0.3, -0.25) is 5.43 Å². The molecule has 0 saturated heterocycles. The molecular weight excluding hydrogens is 227 g/mol. The molecule has 0 radical (unpaired) electrons. The SMILES string of the molecule is NC(=S)NN=C1CCNc2ccc(F)cc21. The van der Waals surface area contributed by atoms with E-state index in [1.165, 1.54) is 12.1 Å². The molecule has 0 aliphatic carbocycles. The molecule has 0 amide bonds. The van der Waals surface area contributed by atoms with Crippen LogP contribution in [0.5, 0.6) is 0 Å². The molecule has 2 rings (SSSR count). The molecule has 4 N–H and O–H groups in total. The van der Waals surface area contributed by atoms with Crippen molar-refractivity contribution in [2.24, 2.45) is 10.8 Å². The smallest absolute Gasteiger partial charge is 0.184 e. The lowest BCUT2D eigenvalue weighted by Crippen LogP contribution is -2.28. The predicted molar refractivity (Wildman–Crippen MR) is 66.0 cm³/mol. The minimum absolute atomic E-state index is 0.101. The van der Waals surface area contributed by atoms with E-state index < -0.39 is 0 Å². The molecule has 1 heterocycles. The van der Waals surface area contributed by atoms with Gasteiger partial charge in [0, 0.05) is 24.2 Å². The molecule has 4 nitrogen and oxygen atoms in total. The zero-order valence-electron chi connectivity index (χ0n) is 8.46. The molecule has 84 valence electrons. The predicted octanol–water partition coefficient (Wildman–Crippen LogP) is 1.18. The summed E-state index contributed by atoms with van der Waals surface area (Å²) >= 11 is 4.66. The summed E-state index contributed by atoms with van der Waals surface area (Å²) in [7, 11) is 0. The van der Waals surface area contributed by atoms with Crippen molar-refractivity contribution < 1.29 is 4.39 Å². The fraction of sp³-hybridized carbons (Fsp3) is 0.200. The van der Waals surface area contributed by atoms with Crippen LogP contribution in [-0.4, -0.2) is 17.4 Å². The van der Waals surface area contributed by atoms with Crippen molar-refractivity contribution in [2.75, 3.05) is 11.9 Å². The first-order valence-corrected chi connectivity index (χ1v) is 5.23. The molecule has 1 aromatic carbocycles. The highest BCUT2D eigenvalue weighted by Gasteiger charge is 2.15. The molecule has 1 aromatic rings. The van der Waals surface area contributed by atoms with Crippen LogP contribution in [0.15, 0.2) is 23.3 Å². The van der Waals surface area contributed by atoms with Gasteiger partial charge in [0.25, 0.3) is 0 Å². The Morgan fingerprint density at radius 3 is 3.12 bits per heavy atom. The fourth-order valence-corrected chi connectivity index (χ4v) is 1.64. The second-order valence-electron chi connectivity index (χ2n) is 3.40. The van der Waals surface area contributed by atoms with E-state index in [1.54, 1.807) is 6.07 Å². The third kappa shape index (κ3) is 2.27. The Hall–Kier alpha value is -1.69. The van der Waals surface area contributed by atoms with Gasteiger partial charge in [0.15, 0.2) is 5.11 Å². The number of hydrogen-bond donors (Lipinski definition) is 3. The van der Waals surface area contributed by atoms with Crippen LogP contribution in [0.3, 0.4) is 0 Å². The standard InChI is InChI=1S/C10H11FN4S/c11-6-1-2-8-7(5-6)9(3-4-13-8)14-15-10(12)16/h1-2,5,13H,3-4H2,(H3,12,15,16). The first kappa shape index (κ1) is 10.8. The molecular formula is C10H11FN4S. The van der Waals surface area contributed by atoms with E-state index in [9.17, 15) is 4.39 Å². The Balaban J connectivity index is 2.35. The lowest BCUT2D eigenvalue weighted by molar-refractivity contribution is 0.627. The molecule has 1 aliphatic heterocycles. The summed E-state index contributed by atoms with van der Waals surface area (Å²) in [5.41, 5.74) is 10.2.